The molecular formula is C17H19N3OS. The third-order valence-corrected chi connectivity index (χ3v) is 4.50. The van der Waals surface area contributed by atoms with E-state index in [9.17, 15) is 4.79 Å². The molecule has 1 saturated heterocycles. The van der Waals surface area contributed by atoms with E-state index >= 15 is 0 Å². The second-order valence-electron chi connectivity index (χ2n) is 5.38. The summed E-state index contributed by atoms with van der Waals surface area (Å²) in [5, 5.41) is 7.53. The molecule has 5 heteroatoms. The van der Waals surface area contributed by atoms with Crippen LogP contribution in [0, 0.1) is 0 Å². The molecule has 3 rings (SSSR count). The molecule has 0 saturated carbocycles. The van der Waals surface area contributed by atoms with Gasteiger partial charge in [-0.25, -0.2) is 0 Å². The van der Waals surface area contributed by atoms with Crippen LogP contribution in [0.15, 0.2) is 47.4 Å². The summed E-state index contributed by atoms with van der Waals surface area (Å²) in [4.78, 5) is 18.2. The number of thiophene rings is 1. The van der Waals surface area contributed by atoms with Gasteiger partial charge in [0, 0.05) is 37.6 Å². The van der Waals surface area contributed by atoms with E-state index in [1.54, 1.807) is 23.6 Å². The summed E-state index contributed by atoms with van der Waals surface area (Å²) in [7, 11) is 0. The van der Waals surface area contributed by atoms with Gasteiger partial charge in [0.2, 0.25) is 5.91 Å². The van der Waals surface area contributed by atoms with Crippen molar-refractivity contribution in [2.45, 2.75) is 18.9 Å². The molecule has 0 unspecified atom stereocenters. The predicted octanol–water partition coefficient (Wildman–Crippen LogP) is 3.26. The Morgan fingerprint density at radius 3 is 2.91 bits per heavy atom. The second kappa shape index (κ2) is 7.22. The highest BCUT2D eigenvalue weighted by atomic mass is 32.1. The number of rotatable bonds is 4. The van der Waals surface area contributed by atoms with E-state index in [1.807, 2.05) is 46.1 Å². The SMILES string of the molecule is O=C(/C=C\c1ccsc1)N1CCC(Nc2cccnc2)CC1. The van der Waals surface area contributed by atoms with E-state index in [0.717, 1.165) is 37.2 Å². The maximum absolute atomic E-state index is 12.2. The summed E-state index contributed by atoms with van der Waals surface area (Å²) in [5.41, 5.74) is 2.14. The van der Waals surface area contributed by atoms with Gasteiger partial charge in [-0.15, -0.1) is 0 Å². The van der Waals surface area contributed by atoms with Gasteiger partial charge in [0.05, 0.1) is 5.69 Å². The third kappa shape index (κ3) is 3.95. The molecule has 0 bridgehead atoms. The number of pyridine rings is 1. The Morgan fingerprint density at radius 1 is 1.36 bits per heavy atom. The van der Waals surface area contributed by atoms with Crippen LogP contribution in [0.25, 0.3) is 6.08 Å². The lowest BCUT2D eigenvalue weighted by molar-refractivity contribution is -0.126. The highest BCUT2D eigenvalue weighted by Gasteiger charge is 2.21. The summed E-state index contributed by atoms with van der Waals surface area (Å²) >= 11 is 1.64. The van der Waals surface area contributed by atoms with Crippen LogP contribution in [0.3, 0.4) is 0 Å². The fourth-order valence-electron chi connectivity index (χ4n) is 2.57. The summed E-state index contributed by atoms with van der Waals surface area (Å²) in [5.74, 6) is 0.103. The van der Waals surface area contributed by atoms with Crippen molar-refractivity contribution in [1.29, 1.82) is 0 Å². The molecular weight excluding hydrogens is 294 g/mol. The van der Waals surface area contributed by atoms with Gasteiger partial charge in [0.15, 0.2) is 0 Å². The Labute approximate surface area is 134 Å². The topological polar surface area (TPSA) is 45.2 Å². The number of likely N-dealkylation sites (tertiary alicyclic amines) is 1. The number of nitrogens with zero attached hydrogens (tertiary/aromatic N) is 2. The number of piperidine rings is 1. The second-order valence-corrected chi connectivity index (χ2v) is 6.16. The molecule has 114 valence electrons. The summed E-state index contributed by atoms with van der Waals surface area (Å²) in [6, 6.07) is 6.37. The molecule has 0 radical (unpaired) electrons. The molecule has 2 aromatic rings. The van der Waals surface area contributed by atoms with Gasteiger partial charge in [0.25, 0.3) is 0 Å². The van der Waals surface area contributed by atoms with Crippen LogP contribution in [-0.2, 0) is 4.79 Å². The standard InChI is InChI=1S/C17H19N3OS/c21-17(4-3-14-7-11-22-13-14)20-9-5-15(6-10-20)19-16-2-1-8-18-12-16/h1-4,7-8,11-13,15,19H,5-6,9-10H2/b4-3-. The van der Waals surface area contributed by atoms with Crippen molar-refractivity contribution >= 4 is 29.0 Å². The minimum Gasteiger partial charge on any atom is -0.381 e. The number of hydrogen-bond acceptors (Lipinski definition) is 4. The first kappa shape index (κ1) is 14.8. The molecule has 1 aliphatic heterocycles. The molecule has 0 aromatic carbocycles. The van der Waals surface area contributed by atoms with Gasteiger partial charge in [-0.1, -0.05) is 0 Å². The van der Waals surface area contributed by atoms with Crippen LogP contribution in [0.1, 0.15) is 18.4 Å². The van der Waals surface area contributed by atoms with Crippen LogP contribution in [0.4, 0.5) is 5.69 Å². The number of anilines is 1. The van der Waals surface area contributed by atoms with Crippen molar-refractivity contribution in [3.05, 3.63) is 53.0 Å². The van der Waals surface area contributed by atoms with Crippen molar-refractivity contribution in [2.75, 3.05) is 18.4 Å². The number of aromatic nitrogens is 1. The number of carbonyl (C=O) groups is 1. The Morgan fingerprint density at radius 2 is 2.23 bits per heavy atom. The minimum atomic E-state index is 0.103. The van der Waals surface area contributed by atoms with Crippen LogP contribution in [-0.4, -0.2) is 34.9 Å². The number of amides is 1. The summed E-state index contributed by atoms with van der Waals surface area (Å²) in [6.45, 7) is 1.59. The molecule has 0 spiro atoms. The van der Waals surface area contributed by atoms with Gasteiger partial charge in [0.1, 0.15) is 0 Å². The fourth-order valence-corrected chi connectivity index (χ4v) is 3.20. The zero-order chi connectivity index (χ0) is 15.2. The first-order valence-corrected chi connectivity index (χ1v) is 8.41. The normalized spacial score (nSPS) is 16.1. The van der Waals surface area contributed by atoms with Crippen molar-refractivity contribution in [2.24, 2.45) is 0 Å². The fraction of sp³-hybridized carbons (Fsp3) is 0.294. The van der Waals surface area contributed by atoms with E-state index in [1.165, 1.54) is 0 Å². The van der Waals surface area contributed by atoms with Gasteiger partial charge in [-0.3, -0.25) is 9.78 Å². The largest absolute Gasteiger partial charge is 0.381 e. The first-order valence-electron chi connectivity index (χ1n) is 7.47. The number of nitrogens with one attached hydrogen (secondary N) is 1. The number of hydrogen-bond donors (Lipinski definition) is 1. The van der Waals surface area contributed by atoms with Crippen LogP contribution >= 0.6 is 11.3 Å². The Balaban J connectivity index is 1.48. The van der Waals surface area contributed by atoms with E-state index < -0.39 is 0 Å². The molecule has 4 nitrogen and oxygen atoms in total. The molecule has 0 aliphatic carbocycles. The quantitative estimate of drug-likeness (QED) is 0.881. The highest BCUT2D eigenvalue weighted by molar-refractivity contribution is 7.08. The van der Waals surface area contributed by atoms with Crippen molar-refractivity contribution < 1.29 is 4.79 Å². The van der Waals surface area contributed by atoms with E-state index in [4.69, 9.17) is 0 Å². The van der Waals surface area contributed by atoms with E-state index in [-0.39, 0.29) is 5.91 Å². The Bertz CT molecular complexity index is 617. The molecule has 0 atom stereocenters. The Kier molecular flexibility index (Phi) is 4.85. The maximum Gasteiger partial charge on any atom is 0.246 e. The van der Waals surface area contributed by atoms with Gasteiger partial charge >= 0.3 is 0 Å². The summed E-state index contributed by atoms with van der Waals surface area (Å²) < 4.78 is 0. The average molecular weight is 313 g/mol. The van der Waals surface area contributed by atoms with Crippen molar-refractivity contribution in [3.63, 3.8) is 0 Å². The molecule has 22 heavy (non-hydrogen) atoms. The lowest BCUT2D eigenvalue weighted by Crippen LogP contribution is -2.41. The van der Waals surface area contributed by atoms with Gasteiger partial charge in [-0.2, -0.15) is 11.3 Å². The van der Waals surface area contributed by atoms with Crippen LogP contribution in [0.2, 0.25) is 0 Å². The van der Waals surface area contributed by atoms with Crippen LogP contribution < -0.4 is 5.32 Å². The Hall–Kier alpha value is -2.14. The maximum atomic E-state index is 12.2. The zero-order valence-corrected chi connectivity index (χ0v) is 13.1. The monoisotopic (exact) mass is 313 g/mol. The predicted molar refractivity (Wildman–Crippen MR) is 90.8 cm³/mol. The molecule has 1 aliphatic rings. The summed E-state index contributed by atoms with van der Waals surface area (Å²) in [6.07, 6.45) is 9.10. The first-order chi connectivity index (χ1) is 10.8. The highest BCUT2D eigenvalue weighted by Crippen LogP contribution is 2.16. The van der Waals surface area contributed by atoms with Crippen LogP contribution in [0.5, 0.6) is 0 Å². The molecule has 1 N–H and O–H groups in total. The van der Waals surface area contributed by atoms with Gasteiger partial charge < -0.3 is 10.2 Å². The third-order valence-electron chi connectivity index (χ3n) is 3.80. The number of carbonyl (C=O) groups excluding carboxylic acids is 1. The smallest absolute Gasteiger partial charge is 0.246 e. The molecule has 2 aromatic heterocycles. The van der Waals surface area contributed by atoms with Gasteiger partial charge in [-0.05, 0) is 53.4 Å². The van der Waals surface area contributed by atoms with E-state index in [0.29, 0.717) is 6.04 Å². The molecule has 1 amide bonds. The van der Waals surface area contributed by atoms with Crippen molar-refractivity contribution in [3.8, 4) is 0 Å². The minimum absolute atomic E-state index is 0.103. The van der Waals surface area contributed by atoms with Crippen molar-refractivity contribution in [1.82, 2.24) is 9.88 Å². The zero-order valence-electron chi connectivity index (χ0n) is 12.3. The lowest BCUT2D eigenvalue weighted by atomic mass is 10.0. The van der Waals surface area contributed by atoms with E-state index in [2.05, 4.69) is 10.3 Å². The molecule has 1 fully saturated rings. The average Bonchev–Trinajstić information content (AvgIpc) is 3.08. The lowest BCUT2D eigenvalue weighted by Gasteiger charge is -2.32. The molecule has 3 heterocycles.